The maximum atomic E-state index is 13.2. The number of anilines is 3. The molecule has 10 heteroatoms. The van der Waals surface area contributed by atoms with E-state index >= 15 is 0 Å². The van der Waals surface area contributed by atoms with Crippen LogP contribution in [-0.4, -0.2) is 59.2 Å². The van der Waals surface area contributed by atoms with Crippen LogP contribution >= 0.6 is 0 Å². The molecule has 1 fully saturated rings. The number of benzene rings is 1. The molecular formula is C28H41FN6O3. The zero-order chi connectivity index (χ0) is 28.1. The molecular weight excluding hydrogens is 487 g/mol. The van der Waals surface area contributed by atoms with Crippen molar-refractivity contribution in [3.8, 4) is 0 Å². The van der Waals surface area contributed by atoms with Gasteiger partial charge in [0.05, 0.1) is 0 Å². The number of amides is 2. The van der Waals surface area contributed by atoms with Crippen molar-refractivity contribution >= 4 is 29.5 Å². The second kappa shape index (κ2) is 12.0. The molecule has 2 aromatic rings. The first kappa shape index (κ1) is 29.1. The van der Waals surface area contributed by atoms with Crippen LogP contribution in [0.25, 0.3) is 0 Å². The third-order valence-electron chi connectivity index (χ3n) is 6.97. The summed E-state index contributed by atoms with van der Waals surface area (Å²) in [7, 11) is 3.39. The van der Waals surface area contributed by atoms with E-state index in [0.29, 0.717) is 11.6 Å². The Hall–Kier alpha value is -3.43. The Balaban J connectivity index is 1.65. The molecule has 9 nitrogen and oxygen atoms in total. The molecule has 38 heavy (non-hydrogen) atoms. The molecule has 0 unspecified atom stereocenters. The van der Waals surface area contributed by atoms with Gasteiger partial charge in [0.25, 0.3) is 0 Å². The summed E-state index contributed by atoms with van der Waals surface area (Å²) in [5, 5.41) is 9.43. The highest BCUT2D eigenvalue weighted by atomic mass is 19.1. The van der Waals surface area contributed by atoms with Gasteiger partial charge in [-0.3, -0.25) is 4.79 Å². The minimum atomic E-state index is -0.616. The number of halogens is 1. The van der Waals surface area contributed by atoms with Crippen LogP contribution in [0.2, 0.25) is 0 Å². The van der Waals surface area contributed by atoms with Crippen molar-refractivity contribution in [1.29, 1.82) is 0 Å². The second-order valence-corrected chi connectivity index (χ2v) is 11.5. The number of nitrogens with one attached hydrogen (secondary N) is 3. The van der Waals surface area contributed by atoms with Gasteiger partial charge < -0.3 is 25.6 Å². The Labute approximate surface area is 225 Å². The van der Waals surface area contributed by atoms with E-state index in [4.69, 9.17) is 4.74 Å². The van der Waals surface area contributed by atoms with Crippen molar-refractivity contribution in [2.45, 2.75) is 77.4 Å². The molecule has 3 N–H and O–H groups in total. The van der Waals surface area contributed by atoms with Gasteiger partial charge in [-0.25, -0.2) is 14.2 Å². The van der Waals surface area contributed by atoms with E-state index in [1.54, 1.807) is 40.0 Å². The molecule has 1 aromatic carbocycles. The lowest BCUT2D eigenvalue weighted by Gasteiger charge is -2.41. The van der Waals surface area contributed by atoms with Crippen LogP contribution in [0.4, 0.5) is 26.6 Å². The summed E-state index contributed by atoms with van der Waals surface area (Å²) < 4.78 is 18.6. The van der Waals surface area contributed by atoms with E-state index in [1.165, 1.54) is 17.0 Å². The first-order valence-corrected chi connectivity index (χ1v) is 13.1. The van der Waals surface area contributed by atoms with Crippen molar-refractivity contribution in [3.63, 3.8) is 0 Å². The lowest BCUT2D eigenvalue weighted by Crippen LogP contribution is -2.47. The van der Waals surface area contributed by atoms with Crippen molar-refractivity contribution in [1.82, 2.24) is 20.2 Å². The van der Waals surface area contributed by atoms with Crippen LogP contribution in [0, 0.1) is 11.7 Å². The van der Waals surface area contributed by atoms with E-state index in [9.17, 15) is 14.0 Å². The summed E-state index contributed by atoms with van der Waals surface area (Å²) in [5.41, 5.74) is 0.813. The molecule has 0 radical (unpaired) electrons. The van der Waals surface area contributed by atoms with Crippen LogP contribution in [0.1, 0.15) is 65.9 Å². The monoisotopic (exact) mass is 528 g/mol. The molecule has 1 aliphatic rings. The van der Waals surface area contributed by atoms with Gasteiger partial charge in [-0.2, -0.15) is 4.98 Å². The van der Waals surface area contributed by atoms with Gasteiger partial charge in [-0.15, -0.1) is 0 Å². The largest absolute Gasteiger partial charge is 0.444 e. The van der Waals surface area contributed by atoms with E-state index in [2.05, 4.69) is 39.8 Å². The van der Waals surface area contributed by atoms with Gasteiger partial charge in [0.2, 0.25) is 11.9 Å². The summed E-state index contributed by atoms with van der Waals surface area (Å²) in [6, 6.07) is 6.06. The van der Waals surface area contributed by atoms with Gasteiger partial charge in [0, 0.05) is 37.6 Å². The lowest BCUT2D eigenvalue weighted by atomic mass is 9.66. The SMILES string of the molecule is CNc1nc(Nc2ccc(F)cc2)ncc1C(C)(C)[C@@H]1CCC[C@H](NC(=O)CN(C)C(=O)OC(C)(C)C)C1. The Bertz CT molecular complexity index is 1120. The predicted octanol–water partition coefficient (Wildman–Crippen LogP) is 5.22. The number of carbonyl (C=O) groups is 2. The van der Waals surface area contributed by atoms with Crippen LogP contribution in [0.15, 0.2) is 30.5 Å². The van der Waals surface area contributed by atoms with E-state index in [-0.39, 0.29) is 35.6 Å². The van der Waals surface area contributed by atoms with Crippen molar-refractivity contribution < 1.29 is 18.7 Å². The standard InChI is InChI=1S/C28H41FN6O3/c1-27(2,3)38-26(37)35(7)17-23(36)32-21-10-8-9-18(15-21)28(4,5)22-16-31-25(34-24(22)30-6)33-20-13-11-19(29)12-14-20/h11-14,16,18,21H,8-10,15,17H2,1-7H3,(H,32,36)(H2,30,31,33,34)/t18-,21+/m1/s1. The van der Waals surface area contributed by atoms with Crippen LogP contribution in [0.5, 0.6) is 0 Å². The number of nitrogens with zero attached hydrogens (tertiary/aromatic N) is 3. The number of carbonyl (C=O) groups excluding carboxylic acids is 2. The first-order valence-electron chi connectivity index (χ1n) is 13.1. The number of hydrogen-bond acceptors (Lipinski definition) is 7. The zero-order valence-electron chi connectivity index (χ0n) is 23.5. The molecule has 0 spiro atoms. The van der Waals surface area contributed by atoms with E-state index < -0.39 is 11.7 Å². The maximum absolute atomic E-state index is 13.2. The molecule has 1 aromatic heterocycles. The molecule has 1 saturated carbocycles. The highest BCUT2D eigenvalue weighted by Crippen LogP contribution is 2.43. The normalized spacial score (nSPS) is 17.9. The van der Waals surface area contributed by atoms with E-state index in [0.717, 1.165) is 37.1 Å². The Morgan fingerprint density at radius 2 is 1.82 bits per heavy atom. The highest BCUT2D eigenvalue weighted by Gasteiger charge is 2.38. The number of aromatic nitrogens is 2. The second-order valence-electron chi connectivity index (χ2n) is 11.5. The number of ether oxygens (including phenoxy) is 1. The fourth-order valence-electron chi connectivity index (χ4n) is 4.86. The van der Waals surface area contributed by atoms with Crippen molar-refractivity contribution in [2.24, 2.45) is 5.92 Å². The molecule has 2 amide bonds. The average molecular weight is 529 g/mol. The highest BCUT2D eigenvalue weighted by molar-refractivity contribution is 5.82. The lowest BCUT2D eigenvalue weighted by molar-refractivity contribution is -0.123. The smallest absolute Gasteiger partial charge is 0.410 e. The fraction of sp³-hybridized carbons (Fsp3) is 0.571. The van der Waals surface area contributed by atoms with Crippen LogP contribution in [0.3, 0.4) is 0 Å². The molecule has 0 bridgehead atoms. The quantitative estimate of drug-likeness (QED) is 0.431. The predicted molar refractivity (Wildman–Crippen MR) is 147 cm³/mol. The van der Waals surface area contributed by atoms with Crippen molar-refractivity contribution in [3.05, 3.63) is 41.8 Å². The zero-order valence-corrected chi connectivity index (χ0v) is 23.5. The molecule has 0 aliphatic heterocycles. The molecule has 1 heterocycles. The maximum Gasteiger partial charge on any atom is 0.410 e. The summed E-state index contributed by atoms with van der Waals surface area (Å²) in [6.07, 6.45) is 5.03. The summed E-state index contributed by atoms with van der Waals surface area (Å²) in [4.78, 5) is 35.4. The number of likely N-dealkylation sites (N-methyl/N-ethyl adjacent to an activating group) is 1. The van der Waals surface area contributed by atoms with Gasteiger partial charge in [-0.1, -0.05) is 20.3 Å². The average Bonchev–Trinajstić information content (AvgIpc) is 2.84. The minimum absolute atomic E-state index is 0.0194. The summed E-state index contributed by atoms with van der Waals surface area (Å²) >= 11 is 0. The fourth-order valence-corrected chi connectivity index (χ4v) is 4.86. The van der Waals surface area contributed by atoms with Gasteiger partial charge in [0.15, 0.2) is 0 Å². The first-order chi connectivity index (χ1) is 17.8. The van der Waals surface area contributed by atoms with Gasteiger partial charge in [0.1, 0.15) is 23.8 Å². The molecule has 2 atom stereocenters. The summed E-state index contributed by atoms with van der Waals surface area (Å²) in [6.45, 7) is 9.70. The molecule has 1 aliphatic carbocycles. The summed E-state index contributed by atoms with van der Waals surface area (Å²) in [5.74, 6) is 0.929. The topological polar surface area (TPSA) is 108 Å². The Kier molecular flexibility index (Phi) is 9.17. The molecule has 208 valence electrons. The Morgan fingerprint density at radius 1 is 1.13 bits per heavy atom. The van der Waals surface area contributed by atoms with Crippen molar-refractivity contribution in [2.75, 3.05) is 31.3 Å². The van der Waals surface area contributed by atoms with E-state index in [1.807, 2.05) is 13.2 Å². The van der Waals surface area contributed by atoms with Crippen LogP contribution < -0.4 is 16.0 Å². The number of rotatable bonds is 8. The third kappa shape index (κ3) is 7.79. The van der Waals surface area contributed by atoms with Crippen LogP contribution in [-0.2, 0) is 14.9 Å². The minimum Gasteiger partial charge on any atom is -0.444 e. The molecule has 3 rings (SSSR count). The third-order valence-corrected chi connectivity index (χ3v) is 6.97. The number of hydrogen-bond donors (Lipinski definition) is 3. The Morgan fingerprint density at radius 3 is 2.45 bits per heavy atom. The van der Waals surface area contributed by atoms with Gasteiger partial charge in [-0.05, 0) is 75.6 Å². The van der Waals surface area contributed by atoms with Gasteiger partial charge >= 0.3 is 6.09 Å². The molecule has 0 saturated heterocycles.